The fourth-order valence-corrected chi connectivity index (χ4v) is 4.61. The lowest BCUT2D eigenvalue weighted by molar-refractivity contribution is -0.123. The zero-order valence-corrected chi connectivity index (χ0v) is 24.4. The summed E-state index contributed by atoms with van der Waals surface area (Å²) in [5, 5.41) is 17.2. The molecular formula is C32H31Cl2N5O3. The lowest BCUT2D eigenvalue weighted by Crippen LogP contribution is -2.45. The molecule has 0 aromatic heterocycles. The highest BCUT2D eigenvalue weighted by Crippen LogP contribution is 2.27. The van der Waals surface area contributed by atoms with Crippen molar-refractivity contribution in [2.24, 2.45) is 5.73 Å². The molecule has 0 aliphatic carbocycles. The van der Waals surface area contributed by atoms with Crippen molar-refractivity contribution in [2.75, 3.05) is 11.9 Å². The number of nitrogens with one attached hydrogen (secondary N) is 4. The molecule has 6 N–H and O–H groups in total. The molecule has 4 aromatic carbocycles. The molecule has 0 aliphatic heterocycles. The number of ether oxygens (including phenoxy) is 1. The Balaban J connectivity index is 1.42. The fraction of sp³-hybridized carbons (Fsp3) is 0.156. The van der Waals surface area contributed by atoms with E-state index in [9.17, 15) is 9.59 Å². The van der Waals surface area contributed by atoms with Crippen LogP contribution < -0.4 is 26.4 Å². The van der Waals surface area contributed by atoms with Gasteiger partial charge in [0, 0.05) is 45.0 Å². The average molecular weight is 605 g/mol. The van der Waals surface area contributed by atoms with E-state index in [1.54, 1.807) is 60.7 Å². The minimum absolute atomic E-state index is 0.0107. The standard InChI is InChI=1S/C32H31Cl2N5O3/c1-20(18-37-25-12-7-22(8-13-25)30(35)36)38-32(41)29(27-16-11-24(33)17-28(27)34)39-31(40)23-9-14-26(15-10-23)42-19-21-5-3-2-4-6-21/h2-17,20,29,37H,18-19H2,1H3,(H3,35,36)(H,38,41)(H,39,40)/t20-,29+/m0/s1. The van der Waals surface area contributed by atoms with E-state index < -0.39 is 17.9 Å². The molecule has 0 aliphatic rings. The third kappa shape index (κ3) is 8.49. The van der Waals surface area contributed by atoms with Crippen LogP contribution in [0.1, 0.15) is 40.0 Å². The molecule has 2 atom stereocenters. The van der Waals surface area contributed by atoms with Crippen LogP contribution in [0.4, 0.5) is 5.69 Å². The Hall–Kier alpha value is -4.53. The van der Waals surface area contributed by atoms with Crippen molar-refractivity contribution < 1.29 is 14.3 Å². The van der Waals surface area contributed by atoms with Gasteiger partial charge in [-0.2, -0.15) is 0 Å². The minimum atomic E-state index is -1.08. The second kappa shape index (κ2) is 14.4. The molecule has 0 bridgehead atoms. The summed E-state index contributed by atoms with van der Waals surface area (Å²) in [4.78, 5) is 26.7. The summed E-state index contributed by atoms with van der Waals surface area (Å²) in [6.07, 6.45) is 0. The van der Waals surface area contributed by atoms with E-state index in [4.69, 9.17) is 39.1 Å². The number of nitrogen functional groups attached to an aromatic ring is 1. The predicted octanol–water partition coefficient (Wildman–Crippen LogP) is 5.94. The maximum atomic E-state index is 13.5. The van der Waals surface area contributed by atoms with Crippen molar-refractivity contribution in [3.05, 3.63) is 129 Å². The van der Waals surface area contributed by atoms with Crippen LogP contribution in [-0.2, 0) is 11.4 Å². The van der Waals surface area contributed by atoms with Gasteiger partial charge in [-0.05, 0) is 73.2 Å². The molecule has 0 radical (unpaired) electrons. The number of hydrogen-bond acceptors (Lipinski definition) is 5. The van der Waals surface area contributed by atoms with Crippen LogP contribution in [0.2, 0.25) is 10.0 Å². The van der Waals surface area contributed by atoms with Gasteiger partial charge in [0.15, 0.2) is 0 Å². The van der Waals surface area contributed by atoms with E-state index in [0.717, 1.165) is 11.3 Å². The summed E-state index contributed by atoms with van der Waals surface area (Å²) in [7, 11) is 0. The molecule has 0 heterocycles. The van der Waals surface area contributed by atoms with Crippen molar-refractivity contribution in [3.8, 4) is 5.75 Å². The highest BCUT2D eigenvalue weighted by molar-refractivity contribution is 6.35. The average Bonchev–Trinajstić information content (AvgIpc) is 2.99. The molecule has 2 amide bonds. The summed E-state index contributed by atoms with van der Waals surface area (Å²) in [6.45, 7) is 2.65. The first-order chi connectivity index (χ1) is 20.2. The van der Waals surface area contributed by atoms with Gasteiger partial charge < -0.3 is 26.4 Å². The van der Waals surface area contributed by atoms with E-state index >= 15 is 0 Å². The van der Waals surface area contributed by atoms with E-state index in [1.807, 2.05) is 37.3 Å². The van der Waals surface area contributed by atoms with Gasteiger partial charge in [-0.1, -0.05) is 59.6 Å². The van der Waals surface area contributed by atoms with Gasteiger partial charge in [-0.3, -0.25) is 15.0 Å². The van der Waals surface area contributed by atoms with Gasteiger partial charge in [-0.15, -0.1) is 0 Å². The Morgan fingerprint density at radius 1 is 0.881 bits per heavy atom. The second-order valence-electron chi connectivity index (χ2n) is 9.65. The van der Waals surface area contributed by atoms with Crippen LogP contribution in [0.5, 0.6) is 5.75 Å². The lowest BCUT2D eigenvalue weighted by Gasteiger charge is -2.23. The molecule has 42 heavy (non-hydrogen) atoms. The molecule has 0 saturated carbocycles. The predicted molar refractivity (Wildman–Crippen MR) is 167 cm³/mol. The van der Waals surface area contributed by atoms with Gasteiger partial charge in [0.1, 0.15) is 24.2 Å². The third-order valence-corrected chi connectivity index (χ3v) is 6.94. The zero-order chi connectivity index (χ0) is 30.1. The number of rotatable bonds is 12. The summed E-state index contributed by atoms with van der Waals surface area (Å²) in [5.41, 5.74) is 8.74. The summed E-state index contributed by atoms with van der Waals surface area (Å²) in [6, 6.07) is 26.9. The first-order valence-corrected chi connectivity index (χ1v) is 14.0. The SMILES string of the molecule is C[C@@H](CNc1ccc(C(=N)N)cc1)NC(=O)[C@H](NC(=O)c1ccc(OCc2ccccc2)cc1)c1ccc(Cl)cc1Cl. The molecule has 0 unspecified atom stereocenters. The van der Waals surface area contributed by atoms with Crippen LogP contribution in [0.15, 0.2) is 97.1 Å². The number of carbonyl (C=O) groups excluding carboxylic acids is 2. The minimum Gasteiger partial charge on any atom is -0.489 e. The number of halogens is 2. The summed E-state index contributed by atoms with van der Waals surface area (Å²) in [5.74, 6) is -0.283. The summed E-state index contributed by atoms with van der Waals surface area (Å²) < 4.78 is 5.81. The Morgan fingerprint density at radius 2 is 1.55 bits per heavy atom. The van der Waals surface area contributed by atoms with Crippen molar-refractivity contribution in [2.45, 2.75) is 25.6 Å². The third-order valence-electron chi connectivity index (χ3n) is 6.37. The highest BCUT2D eigenvalue weighted by atomic mass is 35.5. The Labute approximate surface area is 254 Å². The van der Waals surface area contributed by atoms with Crippen molar-refractivity contribution in [1.82, 2.24) is 10.6 Å². The maximum Gasteiger partial charge on any atom is 0.252 e. The molecule has 0 fully saturated rings. The maximum absolute atomic E-state index is 13.5. The Bertz CT molecular complexity index is 1530. The fourth-order valence-electron chi connectivity index (χ4n) is 4.09. The number of carbonyl (C=O) groups is 2. The van der Waals surface area contributed by atoms with Crippen molar-refractivity contribution >= 4 is 46.5 Å². The molecule has 0 saturated heterocycles. The topological polar surface area (TPSA) is 129 Å². The number of hydrogen-bond donors (Lipinski definition) is 5. The Morgan fingerprint density at radius 3 is 2.19 bits per heavy atom. The van der Waals surface area contributed by atoms with Gasteiger partial charge in [-0.25, -0.2) is 0 Å². The smallest absolute Gasteiger partial charge is 0.252 e. The normalized spacial score (nSPS) is 12.1. The molecular weight excluding hydrogens is 573 g/mol. The van der Waals surface area contributed by atoms with Crippen LogP contribution >= 0.6 is 23.2 Å². The van der Waals surface area contributed by atoms with Gasteiger partial charge in [0.05, 0.1) is 0 Å². The molecule has 4 aromatic rings. The quantitative estimate of drug-likeness (QED) is 0.101. The number of benzene rings is 4. The largest absolute Gasteiger partial charge is 0.489 e. The monoisotopic (exact) mass is 603 g/mol. The van der Waals surface area contributed by atoms with Gasteiger partial charge >= 0.3 is 0 Å². The number of anilines is 1. The van der Waals surface area contributed by atoms with Crippen molar-refractivity contribution in [3.63, 3.8) is 0 Å². The van der Waals surface area contributed by atoms with Crippen molar-refractivity contribution in [1.29, 1.82) is 5.41 Å². The van der Waals surface area contributed by atoms with E-state index in [0.29, 0.717) is 40.6 Å². The molecule has 10 heteroatoms. The van der Waals surface area contributed by atoms with Crippen LogP contribution in [-0.4, -0.2) is 30.2 Å². The number of nitrogens with two attached hydrogens (primary N) is 1. The number of amides is 2. The van der Waals surface area contributed by atoms with Crippen LogP contribution in [0, 0.1) is 5.41 Å². The van der Waals surface area contributed by atoms with Crippen LogP contribution in [0.25, 0.3) is 0 Å². The molecule has 8 nitrogen and oxygen atoms in total. The second-order valence-corrected chi connectivity index (χ2v) is 10.5. The van der Waals surface area contributed by atoms with Gasteiger partial charge in [0.25, 0.3) is 5.91 Å². The lowest BCUT2D eigenvalue weighted by atomic mass is 10.0. The first-order valence-electron chi connectivity index (χ1n) is 13.2. The van der Waals surface area contributed by atoms with E-state index in [-0.39, 0.29) is 16.9 Å². The van der Waals surface area contributed by atoms with E-state index in [1.165, 1.54) is 6.07 Å². The highest BCUT2D eigenvalue weighted by Gasteiger charge is 2.26. The first kappa shape index (κ1) is 30.4. The Kier molecular flexibility index (Phi) is 10.4. The van der Waals surface area contributed by atoms with E-state index in [2.05, 4.69) is 16.0 Å². The molecule has 216 valence electrons. The van der Waals surface area contributed by atoms with Gasteiger partial charge in [0.2, 0.25) is 5.91 Å². The van der Waals surface area contributed by atoms with Crippen LogP contribution in [0.3, 0.4) is 0 Å². The molecule has 0 spiro atoms. The zero-order valence-electron chi connectivity index (χ0n) is 22.9. The summed E-state index contributed by atoms with van der Waals surface area (Å²) >= 11 is 12.5. The molecule has 4 rings (SSSR count). The number of amidine groups is 1.